The topological polar surface area (TPSA) is 114 Å². The highest BCUT2D eigenvalue weighted by Gasteiger charge is 2.19. The molecule has 1 saturated heterocycles. The fraction of sp³-hybridized carbons (Fsp3) is 0.526. The van der Waals surface area contributed by atoms with Crippen LogP contribution in [0, 0.1) is 0 Å². The molecule has 1 aromatic rings. The Kier molecular flexibility index (Phi) is 8.22. The summed E-state index contributed by atoms with van der Waals surface area (Å²) >= 11 is 0. The molecule has 2 unspecified atom stereocenters. The zero-order valence-corrected chi connectivity index (χ0v) is 15.4. The second-order valence-corrected chi connectivity index (χ2v) is 6.43. The lowest BCUT2D eigenvalue weighted by molar-refractivity contribution is -0.136. The Labute approximate surface area is 158 Å². The first-order chi connectivity index (χ1) is 13.0. The van der Waals surface area contributed by atoms with Crippen molar-refractivity contribution in [3.63, 3.8) is 0 Å². The number of nitrogens with one attached hydrogen (secondary N) is 2. The van der Waals surface area contributed by atoms with Crippen molar-refractivity contribution in [3.8, 4) is 0 Å². The fourth-order valence-electron chi connectivity index (χ4n) is 2.60. The van der Waals surface area contributed by atoms with Gasteiger partial charge in [0.25, 0.3) is 11.8 Å². The van der Waals surface area contributed by atoms with Gasteiger partial charge >= 0.3 is 5.97 Å². The van der Waals surface area contributed by atoms with Crippen LogP contribution in [0.2, 0.25) is 0 Å². The van der Waals surface area contributed by atoms with E-state index in [1.165, 1.54) is 0 Å². The average Bonchev–Trinajstić information content (AvgIpc) is 2.67. The van der Waals surface area contributed by atoms with Crippen LogP contribution in [0.5, 0.6) is 0 Å². The first kappa shape index (κ1) is 20.9. The maximum atomic E-state index is 12.2. The van der Waals surface area contributed by atoms with Crippen LogP contribution in [0.1, 0.15) is 43.0 Å². The van der Waals surface area contributed by atoms with Crippen molar-refractivity contribution in [2.75, 3.05) is 25.1 Å². The number of hydrogen-bond acceptors (Lipinski definition) is 5. The molecule has 1 aliphatic heterocycles. The summed E-state index contributed by atoms with van der Waals surface area (Å²) in [6, 6.07) is 6.35. The fourth-order valence-corrected chi connectivity index (χ4v) is 2.60. The lowest BCUT2D eigenvalue weighted by Crippen LogP contribution is -2.32. The number of ether oxygens (including phenoxy) is 2. The van der Waals surface area contributed by atoms with Crippen LogP contribution in [0.4, 0.5) is 5.69 Å². The number of amides is 2. The number of aliphatic carboxylic acids is 1. The number of anilines is 1. The Morgan fingerprint density at radius 1 is 1.26 bits per heavy atom. The minimum Gasteiger partial charge on any atom is -0.481 e. The molecule has 0 radical (unpaired) electrons. The van der Waals surface area contributed by atoms with E-state index in [2.05, 4.69) is 10.6 Å². The number of hydrogen-bond donors (Lipinski definition) is 3. The van der Waals surface area contributed by atoms with Crippen LogP contribution < -0.4 is 10.6 Å². The predicted octanol–water partition coefficient (Wildman–Crippen LogP) is 1.80. The first-order valence-corrected chi connectivity index (χ1v) is 9.10. The maximum absolute atomic E-state index is 12.2. The Hall–Kier alpha value is -2.45. The molecule has 0 aromatic heterocycles. The standard InChI is InChI=1S/C19H26N2O6/c1-13(27-12-16-4-2-3-11-26-16)18(24)21-15-7-5-14(6-8-15)19(25)20-10-9-17(22)23/h5-8,13,16H,2-4,9-12H2,1H3,(H,20,25)(H,21,24)(H,22,23). The molecule has 0 saturated carbocycles. The molecule has 148 valence electrons. The third kappa shape index (κ3) is 7.36. The van der Waals surface area contributed by atoms with Gasteiger partial charge in [-0.05, 0) is 50.5 Å². The van der Waals surface area contributed by atoms with E-state index in [9.17, 15) is 14.4 Å². The molecule has 1 fully saturated rings. The van der Waals surface area contributed by atoms with Crippen molar-refractivity contribution < 1.29 is 29.0 Å². The van der Waals surface area contributed by atoms with E-state index in [1.54, 1.807) is 31.2 Å². The van der Waals surface area contributed by atoms with Gasteiger partial charge in [-0.15, -0.1) is 0 Å². The van der Waals surface area contributed by atoms with Gasteiger partial charge in [0.1, 0.15) is 6.10 Å². The quantitative estimate of drug-likeness (QED) is 0.604. The highest BCUT2D eigenvalue weighted by molar-refractivity contribution is 5.96. The largest absolute Gasteiger partial charge is 0.481 e. The lowest BCUT2D eigenvalue weighted by Gasteiger charge is -2.23. The van der Waals surface area contributed by atoms with Gasteiger partial charge in [-0.25, -0.2) is 0 Å². The van der Waals surface area contributed by atoms with E-state index in [1.807, 2.05) is 0 Å². The minimum atomic E-state index is -0.972. The van der Waals surface area contributed by atoms with Gasteiger partial charge in [-0.2, -0.15) is 0 Å². The number of carbonyl (C=O) groups excluding carboxylic acids is 2. The van der Waals surface area contributed by atoms with Gasteiger partial charge in [-0.1, -0.05) is 0 Å². The summed E-state index contributed by atoms with van der Waals surface area (Å²) in [7, 11) is 0. The molecule has 2 atom stereocenters. The second kappa shape index (κ2) is 10.6. The molecule has 8 nitrogen and oxygen atoms in total. The normalized spacial score (nSPS) is 17.7. The Balaban J connectivity index is 1.76. The van der Waals surface area contributed by atoms with Crippen molar-refractivity contribution >= 4 is 23.5 Å². The molecule has 0 bridgehead atoms. The first-order valence-electron chi connectivity index (χ1n) is 9.10. The highest BCUT2D eigenvalue weighted by atomic mass is 16.5. The average molecular weight is 378 g/mol. The molecule has 2 rings (SSSR count). The molecule has 8 heteroatoms. The van der Waals surface area contributed by atoms with Gasteiger partial charge in [-0.3, -0.25) is 14.4 Å². The summed E-state index contributed by atoms with van der Waals surface area (Å²) in [4.78, 5) is 34.5. The molecule has 1 aliphatic rings. The summed E-state index contributed by atoms with van der Waals surface area (Å²) in [6.07, 6.45) is 2.43. The molecular weight excluding hydrogens is 352 g/mol. The Morgan fingerprint density at radius 2 is 2.00 bits per heavy atom. The molecule has 0 spiro atoms. The van der Waals surface area contributed by atoms with Crippen molar-refractivity contribution in [1.29, 1.82) is 0 Å². The maximum Gasteiger partial charge on any atom is 0.305 e. The SMILES string of the molecule is CC(OCC1CCCCO1)C(=O)Nc1ccc(C(=O)NCCC(=O)O)cc1. The summed E-state index contributed by atoms with van der Waals surface area (Å²) < 4.78 is 11.2. The number of carbonyl (C=O) groups is 3. The van der Waals surface area contributed by atoms with Crippen LogP contribution in [-0.4, -0.2) is 54.9 Å². The summed E-state index contributed by atoms with van der Waals surface area (Å²) in [6.45, 7) is 2.88. The predicted molar refractivity (Wildman–Crippen MR) is 98.7 cm³/mol. The van der Waals surface area contributed by atoms with Crippen LogP contribution >= 0.6 is 0 Å². The minimum absolute atomic E-state index is 0.0490. The van der Waals surface area contributed by atoms with E-state index < -0.39 is 12.1 Å². The number of benzene rings is 1. The summed E-state index contributed by atoms with van der Waals surface area (Å²) in [5.41, 5.74) is 0.934. The second-order valence-electron chi connectivity index (χ2n) is 6.43. The van der Waals surface area contributed by atoms with E-state index in [4.69, 9.17) is 14.6 Å². The van der Waals surface area contributed by atoms with Crippen LogP contribution in [0.25, 0.3) is 0 Å². The van der Waals surface area contributed by atoms with Crippen LogP contribution in [-0.2, 0) is 19.1 Å². The van der Waals surface area contributed by atoms with Crippen molar-refractivity contribution in [1.82, 2.24) is 5.32 Å². The van der Waals surface area contributed by atoms with E-state index in [0.29, 0.717) is 17.9 Å². The van der Waals surface area contributed by atoms with Crippen molar-refractivity contribution in [2.24, 2.45) is 0 Å². The molecule has 0 aliphatic carbocycles. The zero-order chi connectivity index (χ0) is 19.6. The van der Waals surface area contributed by atoms with Crippen molar-refractivity contribution in [3.05, 3.63) is 29.8 Å². The van der Waals surface area contributed by atoms with Gasteiger partial charge in [0.2, 0.25) is 0 Å². The summed E-state index contributed by atoms with van der Waals surface area (Å²) in [5, 5.41) is 13.8. The molecule has 3 N–H and O–H groups in total. The van der Waals surface area contributed by atoms with Gasteiger partial charge in [0.05, 0.1) is 19.1 Å². The molecule has 1 heterocycles. The summed E-state index contributed by atoms with van der Waals surface area (Å²) in [5.74, 6) is -1.61. The Bertz CT molecular complexity index is 640. The monoisotopic (exact) mass is 378 g/mol. The van der Waals surface area contributed by atoms with Crippen LogP contribution in [0.15, 0.2) is 24.3 Å². The van der Waals surface area contributed by atoms with Crippen LogP contribution in [0.3, 0.4) is 0 Å². The third-order valence-electron chi connectivity index (χ3n) is 4.21. The van der Waals surface area contributed by atoms with Gasteiger partial charge in [0, 0.05) is 24.4 Å². The third-order valence-corrected chi connectivity index (χ3v) is 4.21. The zero-order valence-electron chi connectivity index (χ0n) is 15.4. The molecule has 1 aromatic carbocycles. The molecule has 2 amide bonds. The molecule has 27 heavy (non-hydrogen) atoms. The van der Waals surface area contributed by atoms with Crippen molar-refractivity contribution in [2.45, 2.75) is 44.8 Å². The molecular formula is C19H26N2O6. The van der Waals surface area contributed by atoms with E-state index in [0.717, 1.165) is 25.9 Å². The van der Waals surface area contributed by atoms with E-state index >= 15 is 0 Å². The smallest absolute Gasteiger partial charge is 0.305 e. The van der Waals surface area contributed by atoms with Gasteiger partial charge < -0.3 is 25.2 Å². The lowest BCUT2D eigenvalue weighted by atomic mass is 10.1. The number of carboxylic acids is 1. The van der Waals surface area contributed by atoms with E-state index in [-0.39, 0.29) is 30.9 Å². The number of rotatable bonds is 9. The Morgan fingerprint density at radius 3 is 2.63 bits per heavy atom. The highest BCUT2D eigenvalue weighted by Crippen LogP contribution is 2.14. The van der Waals surface area contributed by atoms with Gasteiger partial charge in [0.15, 0.2) is 0 Å². The number of carboxylic acid groups (broad SMARTS) is 1.